The van der Waals surface area contributed by atoms with E-state index >= 15 is 0 Å². The van der Waals surface area contributed by atoms with Crippen molar-refractivity contribution in [3.05, 3.63) is 63.5 Å². The standard InChI is InChI=1S/C18H19N3O2S/c1-11-6-4-7-13(10-11)19-17(22)15-12(2)21(3)18(23)20-16(15)14-8-5-9-24-14/h4-10,16H,1-3H3,(H,19,22)(H,20,23). The summed E-state index contributed by atoms with van der Waals surface area (Å²) in [4.78, 5) is 27.4. The van der Waals surface area contributed by atoms with Crippen molar-refractivity contribution in [1.29, 1.82) is 0 Å². The maximum absolute atomic E-state index is 12.9. The molecule has 24 heavy (non-hydrogen) atoms. The van der Waals surface area contributed by atoms with Crippen molar-refractivity contribution < 1.29 is 9.59 Å². The molecule has 6 heteroatoms. The molecule has 2 aromatic rings. The topological polar surface area (TPSA) is 61.4 Å². The highest BCUT2D eigenvalue weighted by molar-refractivity contribution is 7.10. The first-order chi connectivity index (χ1) is 11.5. The third kappa shape index (κ3) is 3.05. The molecular formula is C18H19N3O2S. The van der Waals surface area contributed by atoms with E-state index in [4.69, 9.17) is 0 Å². The average Bonchev–Trinajstić information content (AvgIpc) is 3.06. The molecule has 0 radical (unpaired) electrons. The van der Waals surface area contributed by atoms with Gasteiger partial charge in [-0.15, -0.1) is 11.3 Å². The van der Waals surface area contributed by atoms with Crippen LogP contribution in [0, 0.1) is 6.92 Å². The van der Waals surface area contributed by atoms with Gasteiger partial charge in [-0.05, 0) is 43.0 Å². The summed E-state index contributed by atoms with van der Waals surface area (Å²) in [6.45, 7) is 3.77. The lowest BCUT2D eigenvalue weighted by Crippen LogP contribution is -2.46. The van der Waals surface area contributed by atoms with Crippen LogP contribution in [0.3, 0.4) is 0 Å². The fourth-order valence-electron chi connectivity index (χ4n) is 2.72. The molecule has 1 aliphatic heterocycles. The fraction of sp³-hybridized carbons (Fsp3) is 0.222. The SMILES string of the molecule is CC1=C(C(=O)Nc2cccc(C)c2)C(c2cccs2)NC(=O)N1C. The Hall–Kier alpha value is -2.60. The van der Waals surface area contributed by atoms with Crippen molar-refractivity contribution in [2.24, 2.45) is 0 Å². The van der Waals surface area contributed by atoms with Gasteiger partial charge >= 0.3 is 6.03 Å². The van der Waals surface area contributed by atoms with Crippen LogP contribution in [-0.4, -0.2) is 23.9 Å². The fourth-order valence-corrected chi connectivity index (χ4v) is 3.50. The number of carbonyl (C=O) groups excluding carboxylic acids is 2. The molecule has 0 aliphatic carbocycles. The maximum atomic E-state index is 12.9. The molecule has 1 atom stereocenters. The van der Waals surface area contributed by atoms with Gasteiger partial charge in [-0.3, -0.25) is 4.79 Å². The zero-order valence-electron chi connectivity index (χ0n) is 13.8. The molecule has 1 aromatic carbocycles. The number of nitrogens with one attached hydrogen (secondary N) is 2. The minimum atomic E-state index is -0.432. The first-order valence-corrected chi connectivity index (χ1v) is 8.51. The minimum absolute atomic E-state index is 0.205. The van der Waals surface area contributed by atoms with Crippen molar-refractivity contribution in [3.63, 3.8) is 0 Å². The van der Waals surface area contributed by atoms with Crippen LogP contribution in [0.5, 0.6) is 0 Å². The van der Waals surface area contributed by atoms with E-state index in [1.165, 1.54) is 16.2 Å². The molecule has 2 N–H and O–H groups in total. The molecule has 5 nitrogen and oxygen atoms in total. The Morgan fingerprint density at radius 3 is 2.71 bits per heavy atom. The number of carbonyl (C=O) groups is 2. The number of allylic oxidation sites excluding steroid dienone is 1. The summed E-state index contributed by atoms with van der Waals surface area (Å²) >= 11 is 1.52. The summed E-state index contributed by atoms with van der Waals surface area (Å²) in [7, 11) is 1.66. The van der Waals surface area contributed by atoms with E-state index in [1.807, 2.05) is 48.7 Å². The van der Waals surface area contributed by atoms with Crippen LogP contribution in [0.25, 0.3) is 0 Å². The lowest BCUT2D eigenvalue weighted by Gasteiger charge is -2.33. The van der Waals surface area contributed by atoms with E-state index < -0.39 is 6.04 Å². The quantitative estimate of drug-likeness (QED) is 0.895. The minimum Gasteiger partial charge on any atom is -0.326 e. The summed E-state index contributed by atoms with van der Waals surface area (Å²) in [5.74, 6) is -0.205. The monoisotopic (exact) mass is 341 g/mol. The smallest absolute Gasteiger partial charge is 0.322 e. The second-order valence-electron chi connectivity index (χ2n) is 5.78. The zero-order chi connectivity index (χ0) is 17.3. The molecule has 1 unspecified atom stereocenters. The summed E-state index contributed by atoms with van der Waals surface area (Å²) in [5, 5.41) is 7.78. The van der Waals surface area contributed by atoms with Crippen molar-refractivity contribution >= 4 is 29.0 Å². The molecule has 1 aliphatic rings. The van der Waals surface area contributed by atoms with Crippen molar-refractivity contribution in [2.75, 3.05) is 12.4 Å². The number of urea groups is 1. The van der Waals surface area contributed by atoms with Crippen molar-refractivity contribution in [2.45, 2.75) is 19.9 Å². The molecule has 124 valence electrons. The Kier molecular flexibility index (Phi) is 4.40. The molecule has 0 spiro atoms. The average molecular weight is 341 g/mol. The first kappa shape index (κ1) is 16.3. The Morgan fingerprint density at radius 2 is 2.04 bits per heavy atom. The predicted molar refractivity (Wildman–Crippen MR) is 95.9 cm³/mol. The van der Waals surface area contributed by atoms with Crippen LogP contribution in [0.4, 0.5) is 10.5 Å². The second kappa shape index (κ2) is 6.49. The number of amides is 3. The molecule has 3 amide bonds. The summed E-state index contributed by atoms with van der Waals surface area (Å²) in [6, 6.07) is 10.8. The lowest BCUT2D eigenvalue weighted by atomic mass is 9.99. The van der Waals surface area contributed by atoms with Crippen molar-refractivity contribution in [3.8, 4) is 0 Å². The number of benzene rings is 1. The highest BCUT2D eigenvalue weighted by Crippen LogP contribution is 2.32. The van der Waals surface area contributed by atoms with E-state index in [0.29, 0.717) is 11.3 Å². The summed E-state index contributed by atoms with van der Waals surface area (Å²) in [6.07, 6.45) is 0. The summed E-state index contributed by atoms with van der Waals surface area (Å²) < 4.78 is 0. The maximum Gasteiger partial charge on any atom is 0.322 e. The molecular weight excluding hydrogens is 322 g/mol. The third-order valence-corrected chi connectivity index (χ3v) is 5.04. The van der Waals surface area contributed by atoms with E-state index in [-0.39, 0.29) is 11.9 Å². The van der Waals surface area contributed by atoms with Gasteiger partial charge in [0, 0.05) is 23.3 Å². The van der Waals surface area contributed by atoms with Gasteiger partial charge in [0.05, 0.1) is 11.6 Å². The number of nitrogens with zero attached hydrogens (tertiary/aromatic N) is 1. The van der Waals surface area contributed by atoms with Crippen LogP contribution in [0.1, 0.15) is 23.4 Å². The third-order valence-electron chi connectivity index (χ3n) is 4.10. The number of anilines is 1. The molecule has 0 saturated heterocycles. The van der Waals surface area contributed by atoms with Crippen LogP contribution in [0.2, 0.25) is 0 Å². The first-order valence-electron chi connectivity index (χ1n) is 7.64. The zero-order valence-corrected chi connectivity index (χ0v) is 14.6. The van der Waals surface area contributed by atoms with Gasteiger partial charge in [0.2, 0.25) is 0 Å². The van der Waals surface area contributed by atoms with Gasteiger partial charge in [0.15, 0.2) is 0 Å². The van der Waals surface area contributed by atoms with E-state index in [9.17, 15) is 9.59 Å². The number of thiophene rings is 1. The molecule has 0 fully saturated rings. The van der Waals surface area contributed by atoms with Gasteiger partial charge in [-0.1, -0.05) is 18.2 Å². The Morgan fingerprint density at radius 1 is 1.25 bits per heavy atom. The normalized spacial score (nSPS) is 17.7. The Bertz CT molecular complexity index is 811. The molecule has 0 saturated carbocycles. The molecule has 0 bridgehead atoms. The van der Waals surface area contributed by atoms with Crippen LogP contribution in [-0.2, 0) is 4.79 Å². The van der Waals surface area contributed by atoms with Crippen LogP contribution >= 0.6 is 11.3 Å². The van der Waals surface area contributed by atoms with Gasteiger partial charge in [0.25, 0.3) is 5.91 Å². The van der Waals surface area contributed by atoms with Gasteiger partial charge < -0.3 is 15.5 Å². The number of hydrogen-bond donors (Lipinski definition) is 2. The molecule has 2 heterocycles. The van der Waals surface area contributed by atoms with Crippen LogP contribution in [0.15, 0.2) is 53.0 Å². The summed E-state index contributed by atoms with van der Waals surface area (Å²) in [5.41, 5.74) is 3.02. The van der Waals surface area contributed by atoms with E-state index in [2.05, 4.69) is 10.6 Å². The molecule has 3 rings (SSSR count). The van der Waals surface area contributed by atoms with Gasteiger partial charge in [-0.25, -0.2) is 4.79 Å². The highest BCUT2D eigenvalue weighted by atomic mass is 32.1. The Labute approximate surface area is 145 Å². The number of aryl methyl sites for hydroxylation is 1. The Balaban J connectivity index is 1.97. The van der Waals surface area contributed by atoms with Gasteiger partial charge in [0.1, 0.15) is 0 Å². The number of hydrogen-bond acceptors (Lipinski definition) is 3. The van der Waals surface area contributed by atoms with E-state index in [0.717, 1.165) is 16.1 Å². The van der Waals surface area contributed by atoms with Crippen LogP contribution < -0.4 is 10.6 Å². The lowest BCUT2D eigenvalue weighted by molar-refractivity contribution is -0.113. The highest BCUT2D eigenvalue weighted by Gasteiger charge is 2.34. The second-order valence-corrected chi connectivity index (χ2v) is 6.76. The van der Waals surface area contributed by atoms with Gasteiger partial charge in [-0.2, -0.15) is 0 Å². The largest absolute Gasteiger partial charge is 0.326 e. The molecule has 1 aromatic heterocycles. The predicted octanol–water partition coefficient (Wildman–Crippen LogP) is 3.67. The van der Waals surface area contributed by atoms with Crippen molar-refractivity contribution in [1.82, 2.24) is 10.2 Å². The van der Waals surface area contributed by atoms with E-state index in [1.54, 1.807) is 14.0 Å². The number of rotatable bonds is 3.